The van der Waals surface area contributed by atoms with Crippen LogP contribution < -0.4 is 20.2 Å². The van der Waals surface area contributed by atoms with Gasteiger partial charge >= 0.3 is 11.8 Å². The number of hydrazone groups is 1. The minimum Gasteiger partial charge on any atom is -0.463 e. The Balaban J connectivity index is 1.48. The molecule has 2 aromatic rings. The lowest BCUT2D eigenvalue weighted by molar-refractivity contribution is -0.139. The Morgan fingerprint density at radius 1 is 1.17 bits per heavy atom. The number of benzene rings is 1. The molecule has 2 amide bonds. The van der Waals surface area contributed by atoms with E-state index >= 15 is 0 Å². The molecule has 1 aromatic carbocycles. The monoisotopic (exact) mass is 315 g/mol. The zero-order valence-electron chi connectivity index (χ0n) is 11.9. The van der Waals surface area contributed by atoms with Gasteiger partial charge in [0.15, 0.2) is 11.5 Å². The first-order chi connectivity index (χ1) is 11.2. The van der Waals surface area contributed by atoms with Crippen LogP contribution in [0.2, 0.25) is 0 Å². The lowest BCUT2D eigenvalue weighted by Crippen LogP contribution is -2.37. The summed E-state index contributed by atoms with van der Waals surface area (Å²) < 4.78 is 15.4. The topological polar surface area (TPSA) is 102 Å². The minimum absolute atomic E-state index is 0.182. The first-order valence-corrected chi connectivity index (χ1v) is 6.75. The maximum atomic E-state index is 11.7. The van der Waals surface area contributed by atoms with Crippen LogP contribution in [0.4, 0.5) is 0 Å². The number of amides is 2. The summed E-state index contributed by atoms with van der Waals surface area (Å²) in [7, 11) is 0. The summed E-state index contributed by atoms with van der Waals surface area (Å²) in [5, 5.41) is 6.11. The zero-order chi connectivity index (χ0) is 16.1. The number of furan rings is 1. The summed E-state index contributed by atoms with van der Waals surface area (Å²) in [5.41, 5.74) is 2.90. The van der Waals surface area contributed by atoms with Crippen LogP contribution >= 0.6 is 0 Å². The minimum atomic E-state index is -0.867. The van der Waals surface area contributed by atoms with Gasteiger partial charge in [-0.05, 0) is 29.8 Å². The molecule has 2 heterocycles. The van der Waals surface area contributed by atoms with E-state index in [0.717, 1.165) is 5.56 Å². The summed E-state index contributed by atoms with van der Waals surface area (Å²) in [4.78, 5) is 23.2. The number of ether oxygens (including phenoxy) is 2. The fourth-order valence-electron chi connectivity index (χ4n) is 1.88. The second-order valence-corrected chi connectivity index (χ2v) is 4.58. The highest BCUT2D eigenvalue weighted by Crippen LogP contribution is 2.32. The van der Waals surface area contributed by atoms with E-state index in [1.165, 1.54) is 12.5 Å². The Hall–Kier alpha value is -3.29. The number of hydrogen-bond donors (Lipinski definition) is 2. The summed E-state index contributed by atoms with van der Waals surface area (Å²) in [6.07, 6.45) is 2.77. The van der Waals surface area contributed by atoms with Crippen molar-refractivity contribution in [2.75, 3.05) is 6.79 Å². The summed E-state index contributed by atoms with van der Waals surface area (Å²) in [6, 6.07) is 8.62. The first kappa shape index (κ1) is 14.6. The van der Waals surface area contributed by atoms with E-state index in [2.05, 4.69) is 15.8 Å². The van der Waals surface area contributed by atoms with Crippen LogP contribution in [0, 0.1) is 0 Å². The number of hydrogen-bond acceptors (Lipinski definition) is 6. The molecule has 3 rings (SSSR count). The Kier molecular flexibility index (Phi) is 4.23. The van der Waals surface area contributed by atoms with Crippen molar-refractivity contribution in [3.63, 3.8) is 0 Å². The summed E-state index contributed by atoms with van der Waals surface area (Å²) in [5.74, 6) is 0.0770. The van der Waals surface area contributed by atoms with Crippen molar-refractivity contribution < 1.29 is 23.5 Å². The Morgan fingerprint density at radius 2 is 2.04 bits per heavy atom. The molecule has 118 valence electrons. The average molecular weight is 315 g/mol. The third-order valence-corrected chi connectivity index (χ3v) is 3.00. The van der Waals surface area contributed by atoms with Gasteiger partial charge in [-0.1, -0.05) is 6.07 Å². The van der Waals surface area contributed by atoms with Crippen LogP contribution in [0.1, 0.15) is 11.3 Å². The van der Waals surface area contributed by atoms with Crippen LogP contribution in [0.5, 0.6) is 11.5 Å². The third-order valence-electron chi connectivity index (χ3n) is 3.00. The zero-order valence-corrected chi connectivity index (χ0v) is 11.9. The number of rotatable bonds is 4. The second-order valence-electron chi connectivity index (χ2n) is 4.58. The molecule has 0 spiro atoms. The second kappa shape index (κ2) is 6.65. The average Bonchev–Trinajstić information content (AvgIpc) is 3.23. The van der Waals surface area contributed by atoms with Crippen molar-refractivity contribution in [3.8, 4) is 11.5 Å². The quantitative estimate of drug-likeness (QED) is 0.493. The van der Waals surface area contributed by atoms with Gasteiger partial charge in [0, 0.05) is 6.54 Å². The molecule has 0 bridgehead atoms. The van der Waals surface area contributed by atoms with Gasteiger partial charge in [-0.3, -0.25) is 9.59 Å². The van der Waals surface area contributed by atoms with Crippen LogP contribution in [-0.4, -0.2) is 24.8 Å². The molecule has 0 atom stereocenters. The van der Waals surface area contributed by atoms with Crippen LogP contribution in [0.3, 0.4) is 0 Å². The molecule has 0 radical (unpaired) electrons. The molecular formula is C15H13N3O5. The molecule has 0 fully saturated rings. The number of nitrogens with one attached hydrogen (secondary N) is 2. The number of carbonyl (C=O) groups is 2. The molecule has 8 heteroatoms. The summed E-state index contributed by atoms with van der Waals surface area (Å²) in [6.45, 7) is 0.367. The van der Waals surface area contributed by atoms with E-state index in [-0.39, 0.29) is 13.3 Å². The Morgan fingerprint density at radius 3 is 2.87 bits per heavy atom. The van der Waals surface area contributed by atoms with Gasteiger partial charge in [-0.2, -0.15) is 5.10 Å². The van der Waals surface area contributed by atoms with Gasteiger partial charge in [-0.15, -0.1) is 0 Å². The maximum Gasteiger partial charge on any atom is 0.329 e. The molecular weight excluding hydrogens is 302 g/mol. The van der Waals surface area contributed by atoms with Crippen molar-refractivity contribution in [1.29, 1.82) is 0 Å². The maximum absolute atomic E-state index is 11.7. The highest BCUT2D eigenvalue weighted by atomic mass is 16.7. The van der Waals surface area contributed by atoms with Crippen LogP contribution in [0.25, 0.3) is 0 Å². The fraction of sp³-hybridized carbons (Fsp3) is 0.133. The van der Waals surface area contributed by atoms with Gasteiger partial charge in [0.2, 0.25) is 6.79 Å². The largest absolute Gasteiger partial charge is 0.463 e. The summed E-state index contributed by atoms with van der Waals surface area (Å²) >= 11 is 0. The normalized spacial score (nSPS) is 12.3. The van der Waals surface area contributed by atoms with Crippen molar-refractivity contribution in [1.82, 2.24) is 10.7 Å². The molecule has 0 saturated carbocycles. The predicted molar refractivity (Wildman–Crippen MR) is 78.9 cm³/mol. The molecule has 0 unspecified atom stereocenters. The highest BCUT2D eigenvalue weighted by molar-refractivity contribution is 6.35. The molecule has 0 aliphatic carbocycles. The van der Waals surface area contributed by atoms with E-state index in [4.69, 9.17) is 13.9 Å². The van der Waals surface area contributed by atoms with Gasteiger partial charge in [0.1, 0.15) is 5.76 Å². The number of fused-ring (bicyclic) bond motifs is 1. The lowest BCUT2D eigenvalue weighted by atomic mass is 10.2. The predicted octanol–water partition coefficient (Wildman–Crippen LogP) is 0.775. The molecule has 1 aromatic heterocycles. The molecule has 1 aliphatic rings. The smallest absolute Gasteiger partial charge is 0.329 e. The first-order valence-electron chi connectivity index (χ1n) is 6.75. The van der Waals surface area contributed by atoms with E-state index in [1.54, 1.807) is 30.3 Å². The van der Waals surface area contributed by atoms with Crippen LogP contribution in [0.15, 0.2) is 46.1 Å². The van der Waals surface area contributed by atoms with Gasteiger partial charge in [0.25, 0.3) is 0 Å². The molecule has 8 nitrogen and oxygen atoms in total. The van der Waals surface area contributed by atoms with Crippen molar-refractivity contribution in [3.05, 3.63) is 47.9 Å². The van der Waals surface area contributed by atoms with E-state index in [0.29, 0.717) is 17.3 Å². The Labute approximate surface area is 131 Å². The van der Waals surface area contributed by atoms with Gasteiger partial charge in [0.05, 0.1) is 12.5 Å². The molecule has 2 N–H and O–H groups in total. The number of nitrogens with zero attached hydrogens (tertiary/aromatic N) is 1. The molecule has 23 heavy (non-hydrogen) atoms. The highest BCUT2D eigenvalue weighted by Gasteiger charge is 2.15. The molecule has 1 aliphatic heterocycles. The van der Waals surface area contributed by atoms with Gasteiger partial charge < -0.3 is 19.2 Å². The van der Waals surface area contributed by atoms with Crippen molar-refractivity contribution in [2.45, 2.75) is 6.54 Å². The van der Waals surface area contributed by atoms with Crippen LogP contribution in [-0.2, 0) is 16.1 Å². The standard InChI is InChI=1S/C15H13N3O5/c19-14(15(20)18-17-8-11-2-1-5-21-11)16-7-10-3-4-12-13(6-10)23-9-22-12/h1-6,8H,7,9H2,(H,16,19)(H,18,20)/b17-8+. The fourth-order valence-corrected chi connectivity index (χ4v) is 1.88. The van der Waals surface area contributed by atoms with E-state index in [1.807, 2.05) is 0 Å². The Bertz CT molecular complexity index is 740. The molecule has 0 saturated heterocycles. The number of carbonyl (C=O) groups excluding carboxylic acids is 2. The van der Waals surface area contributed by atoms with Crippen molar-refractivity contribution in [2.24, 2.45) is 5.10 Å². The van der Waals surface area contributed by atoms with E-state index in [9.17, 15) is 9.59 Å². The van der Waals surface area contributed by atoms with E-state index < -0.39 is 11.8 Å². The lowest BCUT2D eigenvalue weighted by Gasteiger charge is -2.05. The SMILES string of the molecule is O=C(NCc1ccc2c(c1)OCO2)C(=O)N/N=C/c1ccco1. The third kappa shape index (κ3) is 3.67. The van der Waals surface area contributed by atoms with Gasteiger partial charge in [-0.25, -0.2) is 5.43 Å². The van der Waals surface area contributed by atoms with Crippen molar-refractivity contribution >= 4 is 18.0 Å².